The number of rotatable bonds is 3. The Morgan fingerprint density at radius 2 is 2.00 bits per heavy atom. The molecule has 1 heterocycles. The first-order valence-corrected chi connectivity index (χ1v) is 6.84. The zero-order valence-electron chi connectivity index (χ0n) is 11.1. The minimum atomic E-state index is -4.74. The highest BCUT2D eigenvalue weighted by Gasteiger charge is 2.44. The summed E-state index contributed by atoms with van der Waals surface area (Å²) in [6.07, 6.45) is -7.29. The van der Waals surface area contributed by atoms with Crippen LogP contribution in [0.25, 0.3) is 11.4 Å². The first-order valence-electron chi connectivity index (χ1n) is 6.05. The molecule has 1 aromatic heterocycles. The summed E-state index contributed by atoms with van der Waals surface area (Å²) in [4.78, 5) is 3.94. The van der Waals surface area contributed by atoms with Gasteiger partial charge in [-0.15, -0.1) is 0 Å². The molecule has 2 aromatic rings. The highest BCUT2D eigenvalue weighted by atomic mass is 79.9. The van der Waals surface area contributed by atoms with Crippen LogP contribution in [0.3, 0.4) is 0 Å². The summed E-state index contributed by atoms with van der Waals surface area (Å²) in [5, 5.41) is 12.9. The number of hydrogen-bond acceptors (Lipinski definition) is 4. The van der Waals surface area contributed by atoms with Gasteiger partial charge in [-0.3, -0.25) is 0 Å². The molecule has 1 N–H and O–H groups in total. The van der Waals surface area contributed by atoms with Crippen molar-refractivity contribution in [2.24, 2.45) is 0 Å². The number of nitrogens with zero attached hydrogens (tertiary/aromatic N) is 2. The molecule has 114 valence electrons. The topological polar surface area (TPSA) is 59.2 Å². The van der Waals surface area contributed by atoms with E-state index in [1.807, 2.05) is 19.1 Å². The third-order valence-electron chi connectivity index (χ3n) is 3.01. The second kappa shape index (κ2) is 5.76. The smallest absolute Gasteiger partial charge is 0.383 e. The number of aliphatic hydroxyl groups excluding tert-OH is 1. The van der Waals surface area contributed by atoms with E-state index in [1.54, 1.807) is 6.07 Å². The van der Waals surface area contributed by atoms with E-state index in [1.165, 1.54) is 6.92 Å². The van der Waals surface area contributed by atoms with Gasteiger partial charge in [0.2, 0.25) is 11.7 Å². The predicted octanol–water partition coefficient (Wildman–Crippen LogP) is 3.83. The van der Waals surface area contributed by atoms with Gasteiger partial charge in [0, 0.05) is 10.0 Å². The molecule has 0 aliphatic carbocycles. The zero-order valence-corrected chi connectivity index (χ0v) is 12.7. The third kappa shape index (κ3) is 3.44. The molecule has 0 spiro atoms. The van der Waals surface area contributed by atoms with E-state index in [9.17, 15) is 18.3 Å². The number of alkyl halides is 3. The third-order valence-corrected chi connectivity index (χ3v) is 3.66. The number of hydrogen-bond donors (Lipinski definition) is 1. The maximum absolute atomic E-state index is 12.5. The highest BCUT2D eigenvalue weighted by Crippen LogP contribution is 2.32. The van der Waals surface area contributed by atoms with Crippen LogP contribution in [0.5, 0.6) is 0 Å². The van der Waals surface area contributed by atoms with E-state index in [0.29, 0.717) is 10.0 Å². The Morgan fingerprint density at radius 1 is 1.33 bits per heavy atom. The second-order valence-corrected chi connectivity index (χ2v) is 5.57. The molecule has 2 unspecified atom stereocenters. The second-order valence-electron chi connectivity index (χ2n) is 4.71. The average Bonchev–Trinajstić information content (AvgIpc) is 2.85. The molecule has 4 nitrogen and oxygen atoms in total. The Morgan fingerprint density at radius 3 is 2.57 bits per heavy atom. The van der Waals surface area contributed by atoms with Gasteiger partial charge >= 0.3 is 6.18 Å². The van der Waals surface area contributed by atoms with Crippen molar-refractivity contribution in [1.29, 1.82) is 0 Å². The van der Waals surface area contributed by atoms with Gasteiger partial charge < -0.3 is 9.63 Å². The molecule has 1 aromatic carbocycles. The molecular formula is C13H12BrF3N2O2. The van der Waals surface area contributed by atoms with Crippen LogP contribution in [0, 0.1) is 6.92 Å². The first-order chi connectivity index (χ1) is 9.70. The van der Waals surface area contributed by atoms with Crippen LogP contribution in [-0.4, -0.2) is 27.5 Å². The molecule has 0 amide bonds. The largest absolute Gasteiger partial charge is 0.415 e. The Kier molecular flexibility index (Phi) is 4.38. The van der Waals surface area contributed by atoms with Gasteiger partial charge in [-0.2, -0.15) is 18.2 Å². The predicted molar refractivity (Wildman–Crippen MR) is 72.6 cm³/mol. The molecule has 0 aliphatic heterocycles. The molecule has 0 bridgehead atoms. The van der Waals surface area contributed by atoms with Gasteiger partial charge in [0.25, 0.3) is 0 Å². The van der Waals surface area contributed by atoms with Crippen LogP contribution in [0.4, 0.5) is 13.2 Å². The van der Waals surface area contributed by atoms with E-state index < -0.39 is 18.2 Å². The lowest BCUT2D eigenvalue weighted by Crippen LogP contribution is -2.33. The Balaban J connectivity index is 2.30. The number of benzene rings is 1. The molecule has 0 fully saturated rings. The molecular weight excluding hydrogens is 353 g/mol. The van der Waals surface area contributed by atoms with Gasteiger partial charge in [0.15, 0.2) is 6.10 Å². The molecule has 0 saturated carbocycles. The van der Waals surface area contributed by atoms with Gasteiger partial charge in [-0.1, -0.05) is 34.1 Å². The van der Waals surface area contributed by atoms with Crippen LogP contribution in [0.1, 0.15) is 24.3 Å². The van der Waals surface area contributed by atoms with Crippen molar-refractivity contribution in [1.82, 2.24) is 10.1 Å². The van der Waals surface area contributed by atoms with E-state index in [4.69, 9.17) is 4.52 Å². The quantitative estimate of drug-likeness (QED) is 0.898. The van der Waals surface area contributed by atoms with Crippen molar-refractivity contribution >= 4 is 15.9 Å². The standard InChI is InChI=1S/C13H12BrF3N2O2/c1-6-3-4-8(9(14)5-6)11-18-12(21-19-11)7(2)10(20)13(15,16)17/h3-5,7,10,20H,1-2H3. The number of aryl methyl sites for hydroxylation is 1. The molecule has 2 rings (SSSR count). The van der Waals surface area contributed by atoms with Crippen molar-refractivity contribution in [2.45, 2.75) is 32.0 Å². The molecule has 8 heteroatoms. The maximum Gasteiger partial charge on any atom is 0.415 e. The van der Waals surface area contributed by atoms with Crippen LogP contribution >= 0.6 is 15.9 Å². The van der Waals surface area contributed by atoms with E-state index >= 15 is 0 Å². The molecule has 0 saturated heterocycles. The SMILES string of the molecule is Cc1ccc(-c2noc(C(C)C(O)C(F)(F)F)n2)c(Br)c1. The number of aliphatic hydroxyl groups is 1. The van der Waals surface area contributed by atoms with Crippen LogP contribution in [0.2, 0.25) is 0 Å². The molecule has 0 radical (unpaired) electrons. The van der Waals surface area contributed by atoms with Crippen molar-refractivity contribution in [3.05, 3.63) is 34.1 Å². The Bertz CT molecular complexity index is 643. The maximum atomic E-state index is 12.5. The minimum absolute atomic E-state index is 0.165. The van der Waals surface area contributed by atoms with Crippen molar-refractivity contribution in [3.8, 4) is 11.4 Å². The number of halogens is 4. The monoisotopic (exact) mass is 364 g/mol. The van der Waals surface area contributed by atoms with Crippen molar-refractivity contribution in [3.63, 3.8) is 0 Å². The fourth-order valence-electron chi connectivity index (χ4n) is 1.75. The van der Waals surface area contributed by atoms with Crippen LogP contribution in [0.15, 0.2) is 27.2 Å². The van der Waals surface area contributed by atoms with Crippen LogP contribution in [-0.2, 0) is 0 Å². The summed E-state index contributed by atoms with van der Waals surface area (Å²) < 4.78 is 43.0. The summed E-state index contributed by atoms with van der Waals surface area (Å²) in [6.45, 7) is 3.08. The average molecular weight is 365 g/mol. The minimum Gasteiger partial charge on any atom is -0.383 e. The Labute approximate surface area is 127 Å². The highest BCUT2D eigenvalue weighted by molar-refractivity contribution is 9.10. The van der Waals surface area contributed by atoms with Gasteiger partial charge in [0.1, 0.15) is 0 Å². The number of aromatic nitrogens is 2. The normalized spacial score (nSPS) is 15.0. The van der Waals surface area contributed by atoms with E-state index in [2.05, 4.69) is 26.1 Å². The fourth-order valence-corrected chi connectivity index (χ4v) is 2.42. The Hall–Kier alpha value is -1.41. The summed E-state index contributed by atoms with van der Waals surface area (Å²) >= 11 is 3.34. The lowest BCUT2D eigenvalue weighted by molar-refractivity contribution is -0.210. The van der Waals surface area contributed by atoms with Gasteiger partial charge in [-0.05, 0) is 24.6 Å². The van der Waals surface area contributed by atoms with E-state index in [-0.39, 0.29) is 11.7 Å². The summed E-state index contributed by atoms with van der Waals surface area (Å²) in [5.41, 5.74) is 1.61. The summed E-state index contributed by atoms with van der Waals surface area (Å²) in [7, 11) is 0. The van der Waals surface area contributed by atoms with Crippen LogP contribution < -0.4 is 0 Å². The molecule has 2 atom stereocenters. The molecule has 21 heavy (non-hydrogen) atoms. The summed E-state index contributed by atoms with van der Waals surface area (Å²) in [6, 6.07) is 5.39. The zero-order chi connectivity index (χ0) is 15.8. The van der Waals surface area contributed by atoms with Crippen molar-refractivity contribution in [2.75, 3.05) is 0 Å². The lowest BCUT2D eigenvalue weighted by atomic mass is 10.0. The fraction of sp³-hybridized carbons (Fsp3) is 0.385. The van der Waals surface area contributed by atoms with Gasteiger partial charge in [-0.25, -0.2) is 0 Å². The van der Waals surface area contributed by atoms with Crippen molar-refractivity contribution < 1.29 is 22.8 Å². The lowest BCUT2D eigenvalue weighted by Gasteiger charge is -2.17. The summed E-state index contributed by atoms with van der Waals surface area (Å²) in [5.74, 6) is -1.43. The molecule has 0 aliphatic rings. The van der Waals surface area contributed by atoms with E-state index in [0.717, 1.165) is 5.56 Å². The van der Waals surface area contributed by atoms with Gasteiger partial charge in [0.05, 0.1) is 5.92 Å². The first kappa shape index (κ1) is 16.0.